The molecule has 1 N–H and O–H groups in total. The summed E-state index contributed by atoms with van der Waals surface area (Å²) in [6, 6.07) is 0. The van der Waals surface area contributed by atoms with Gasteiger partial charge in [0.2, 0.25) is 0 Å². The molecule has 1 saturated heterocycles. The van der Waals surface area contributed by atoms with E-state index >= 15 is 0 Å². The molecule has 0 aromatic rings. The molecule has 0 saturated carbocycles. The van der Waals surface area contributed by atoms with Gasteiger partial charge in [-0.05, 0) is 34.1 Å². The number of likely N-dealkylation sites (tertiary alicyclic amines) is 1. The first-order valence-corrected chi connectivity index (χ1v) is 5.86. The molecule has 0 unspecified atom stereocenters. The topological polar surface area (TPSA) is 83.9 Å². The van der Waals surface area contributed by atoms with Crippen molar-refractivity contribution in [3.8, 4) is 0 Å². The van der Waals surface area contributed by atoms with Crippen molar-refractivity contribution in [3.05, 3.63) is 0 Å². The van der Waals surface area contributed by atoms with Gasteiger partial charge in [-0.25, -0.2) is 9.59 Å². The first-order chi connectivity index (χ1) is 8.09. The van der Waals surface area contributed by atoms with Crippen LogP contribution in [0.4, 0.5) is 4.79 Å². The van der Waals surface area contributed by atoms with E-state index in [0.717, 1.165) is 4.90 Å². The minimum Gasteiger partial charge on any atom is -0.479 e. The highest BCUT2D eigenvalue weighted by atomic mass is 16.6. The third-order valence-corrected chi connectivity index (χ3v) is 2.90. The maximum absolute atomic E-state index is 12.0. The summed E-state index contributed by atoms with van der Waals surface area (Å²) < 4.78 is 5.14. The van der Waals surface area contributed by atoms with Gasteiger partial charge in [0.05, 0.1) is 0 Å². The van der Waals surface area contributed by atoms with Crippen molar-refractivity contribution in [2.75, 3.05) is 6.54 Å². The standard InChI is InChI=1S/C12H19NO5/c1-11(2,3)18-10(17)13-7-5-6-8(14)12(13,4)9(15)16/h5-7H2,1-4H3,(H,15,16)/t12-/m1/s1. The number of piperidine rings is 1. The highest BCUT2D eigenvalue weighted by Gasteiger charge is 2.51. The number of ketones is 1. The lowest BCUT2D eigenvalue weighted by molar-refractivity contribution is -0.158. The normalized spacial score (nSPS) is 24.9. The van der Waals surface area contributed by atoms with Gasteiger partial charge in [-0.1, -0.05) is 0 Å². The van der Waals surface area contributed by atoms with E-state index in [0.29, 0.717) is 6.42 Å². The van der Waals surface area contributed by atoms with Gasteiger partial charge in [0, 0.05) is 13.0 Å². The van der Waals surface area contributed by atoms with Crippen LogP contribution in [0.5, 0.6) is 0 Å². The third-order valence-electron chi connectivity index (χ3n) is 2.90. The Kier molecular flexibility index (Phi) is 3.69. The number of hydrogen-bond donors (Lipinski definition) is 1. The fourth-order valence-electron chi connectivity index (χ4n) is 1.84. The van der Waals surface area contributed by atoms with E-state index in [-0.39, 0.29) is 13.0 Å². The molecule has 0 spiro atoms. The van der Waals surface area contributed by atoms with Crippen molar-refractivity contribution in [1.82, 2.24) is 4.90 Å². The molecule has 1 fully saturated rings. The van der Waals surface area contributed by atoms with Gasteiger partial charge in [0.15, 0.2) is 11.3 Å². The van der Waals surface area contributed by atoms with E-state index in [2.05, 4.69) is 0 Å². The largest absolute Gasteiger partial charge is 0.479 e. The van der Waals surface area contributed by atoms with Crippen LogP contribution in [0.3, 0.4) is 0 Å². The van der Waals surface area contributed by atoms with Crippen LogP contribution in [-0.2, 0) is 14.3 Å². The van der Waals surface area contributed by atoms with Crippen molar-refractivity contribution < 1.29 is 24.2 Å². The van der Waals surface area contributed by atoms with Crippen LogP contribution in [0.25, 0.3) is 0 Å². The molecular weight excluding hydrogens is 238 g/mol. The number of amides is 1. The highest BCUT2D eigenvalue weighted by Crippen LogP contribution is 2.27. The fraction of sp³-hybridized carbons (Fsp3) is 0.750. The Bertz CT molecular complexity index is 384. The molecule has 1 heterocycles. The zero-order valence-corrected chi connectivity index (χ0v) is 11.1. The Morgan fingerprint density at radius 1 is 1.39 bits per heavy atom. The molecule has 0 bridgehead atoms. The molecule has 18 heavy (non-hydrogen) atoms. The van der Waals surface area contributed by atoms with Gasteiger partial charge in [-0.15, -0.1) is 0 Å². The van der Waals surface area contributed by atoms with Crippen molar-refractivity contribution in [2.24, 2.45) is 0 Å². The van der Waals surface area contributed by atoms with E-state index in [9.17, 15) is 19.5 Å². The maximum Gasteiger partial charge on any atom is 0.411 e. The second kappa shape index (κ2) is 4.59. The summed E-state index contributed by atoms with van der Waals surface area (Å²) in [7, 11) is 0. The van der Waals surface area contributed by atoms with Gasteiger partial charge in [0.1, 0.15) is 5.60 Å². The SMILES string of the molecule is CC(C)(C)OC(=O)N1CCCC(=O)[C@]1(C)C(=O)O. The smallest absolute Gasteiger partial charge is 0.411 e. The molecule has 1 aliphatic heterocycles. The zero-order valence-electron chi connectivity index (χ0n) is 11.1. The molecule has 1 aliphatic rings. The van der Waals surface area contributed by atoms with Crippen LogP contribution < -0.4 is 0 Å². The van der Waals surface area contributed by atoms with Gasteiger partial charge in [-0.3, -0.25) is 9.69 Å². The van der Waals surface area contributed by atoms with Gasteiger partial charge < -0.3 is 9.84 Å². The minimum atomic E-state index is -1.82. The monoisotopic (exact) mass is 257 g/mol. The van der Waals surface area contributed by atoms with Crippen LogP contribution >= 0.6 is 0 Å². The molecule has 0 radical (unpaired) electrons. The van der Waals surface area contributed by atoms with Crippen LogP contribution in [0.2, 0.25) is 0 Å². The summed E-state index contributed by atoms with van der Waals surface area (Å²) in [5, 5.41) is 9.22. The number of hydrogen-bond acceptors (Lipinski definition) is 4. The predicted octanol–water partition coefficient (Wildman–Crippen LogP) is 1.43. The lowest BCUT2D eigenvalue weighted by Crippen LogP contribution is -2.63. The minimum absolute atomic E-state index is 0.169. The number of Topliss-reactive ketones (excluding diaryl/α,β-unsaturated/α-hetero) is 1. The summed E-state index contributed by atoms with van der Waals surface area (Å²) in [6.45, 7) is 6.53. The number of ether oxygens (including phenoxy) is 1. The van der Waals surface area contributed by atoms with E-state index in [1.54, 1.807) is 20.8 Å². The maximum atomic E-state index is 12.0. The molecule has 6 nitrogen and oxygen atoms in total. The van der Waals surface area contributed by atoms with Crippen LogP contribution in [0, 0.1) is 0 Å². The average Bonchev–Trinajstić information content (AvgIpc) is 2.19. The average molecular weight is 257 g/mol. The fourth-order valence-corrected chi connectivity index (χ4v) is 1.84. The van der Waals surface area contributed by atoms with Crippen molar-refractivity contribution in [3.63, 3.8) is 0 Å². The Labute approximate surface area is 106 Å². The Hall–Kier alpha value is -1.59. The number of rotatable bonds is 1. The summed E-state index contributed by atoms with van der Waals surface area (Å²) in [5.41, 5.74) is -2.54. The van der Waals surface area contributed by atoms with Gasteiger partial charge in [0.25, 0.3) is 0 Å². The number of carboxylic acid groups (broad SMARTS) is 1. The molecule has 0 aliphatic carbocycles. The quantitative estimate of drug-likeness (QED) is 0.718. The number of carboxylic acids is 1. The van der Waals surface area contributed by atoms with Gasteiger partial charge in [-0.2, -0.15) is 0 Å². The first kappa shape index (κ1) is 14.5. The predicted molar refractivity (Wildman–Crippen MR) is 63.2 cm³/mol. The van der Waals surface area contributed by atoms with Crippen molar-refractivity contribution >= 4 is 17.8 Å². The molecule has 102 valence electrons. The second-order valence-corrected chi connectivity index (χ2v) is 5.54. The lowest BCUT2D eigenvalue weighted by Gasteiger charge is -2.40. The number of carbonyl (C=O) groups is 3. The molecule has 1 atom stereocenters. The molecule has 1 amide bonds. The van der Waals surface area contributed by atoms with Crippen LogP contribution in [-0.4, -0.2) is 45.5 Å². The molecule has 0 aromatic carbocycles. The molecule has 1 rings (SSSR count). The van der Waals surface area contributed by atoms with E-state index < -0.39 is 29.0 Å². The lowest BCUT2D eigenvalue weighted by atomic mass is 9.87. The van der Waals surface area contributed by atoms with Crippen LogP contribution in [0.15, 0.2) is 0 Å². The number of aliphatic carboxylic acids is 1. The highest BCUT2D eigenvalue weighted by molar-refractivity contribution is 6.09. The first-order valence-electron chi connectivity index (χ1n) is 5.86. The Balaban J connectivity index is 3.01. The van der Waals surface area contributed by atoms with Gasteiger partial charge >= 0.3 is 12.1 Å². The third kappa shape index (κ3) is 2.63. The summed E-state index contributed by atoms with van der Waals surface area (Å²) in [6.07, 6.45) is -0.135. The zero-order chi connectivity index (χ0) is 14.1. The molecule has 0 aromatic heterocycles. The second-order valence-electron chi connectivity index (χ2n) is 5.54. The Morgan fingerprint density at radius 3 is 2.39 bits per heavy atom. The summed E-state index contributed by atoms with van der Waals surface area (Å²) in [5.74, 6) is -1.79. The Morgan fingerprint density at radius 2 is 1.94 bits per heavy atom. The molecule has 6 heteroatoms. The van der Waals surface area contributed by atoms with E-state index in [1.807, 2.05) is 0 Å². The van der Waals surface area contributed by atoms with E-state index in [4.69, 9.17) is 4.74 Å². The van der Waals surface area contributed by atoms with Crippen molar-refractivity contribution in [2.45, 2.75) is 51.7 Å². The van der Waals surface area contributed by atoms with E-state index in [1.165, 1.54) is 6.92 Å². The summed E-state index contributed by atoms with van der Waals surface area (Å²) >= 11 is 0. The summed E-state index contributed by atoms with van der Waals surface area (Å²) in [4.78, 5) is 36.1. The molecular formula is C12H19NO5. The number of carbonyl (C=O) groups excluding carboxylic acids is 2. The van der Waals surface area contributed by atoms with Crippen LogP contribution in [0.1, 0.15) is 40.5 Å². The van der Waals surface area contributed by atoms with Crippen molar-refractivity contribution in [1.29, 1.82) is 0 Å². The number of nitrogens with zero attached hydrogens (tertiary/aromatic N) is 1.